The Morgan fingerprint density at radius 2 is 2.27 bits per heavy atom. The van der Waals surface area contributed by atoms with E-state index < -0.39 is 0 Å². The van der Waals surface area contributed by atoms with Gasteiger partial charge in [-0.05, 0) is 39.8 Å². The standard InChI is InChI=1S/C7H11BrN2S/c1-4(2)3-5-6(8)7(9)11-10-5/h4H,3,9H2,1-2H3. The van der Waals surface area contributed by atoms with Gasteiger partial charge < -0.3 is 5.73 Å². The zero-order valence-electron chi connectivity index (χ0n) is 6.60. The number of hydrogen-bond donors (Lipinski definition) is 1. The Hall–Kier alpha value is -0.0900. The van der Waals surface area contributed by atoms with Gasteiger partial charge in [0.25, 0.3) is 0 Å². The molecule has 62 valence electrons. The van der Waals surface area contributed by atoms with E-state index in [1.165, 1.54) is 11.5 Å². The molecule has 0 spiro atoms. The van der Waals surface area contributed by atoms with Crippen molar-refractivity contribution in [2.45, 2.75) is 20.3 Å². The van der Waals surface area contributed by atoms with Gasteiger partial charge in [-0.25, -0.2) is 0 Å². The van der Waals surface area contributed by atoms with Gasteiger partial charge in [0, 0.05) is 0 Å². The molecule has 0 saturated heterocycles. The molecule has 0 radical (unpaired) electrons. The largest absolute Gasteiger partial charge is 0.388 e. The van der Waals surface area contributed by atoms with Crippen LogP contribution in [0.5, 0.6) is 0 Å². The second-order valence-corrected chi connectivity index (χ2v) is 4.50. The molecule has 1 aromatic heterocycles. The Labute approximate surface area is 79.1 Å². The molecule has 0 atom stereocenters. The topological polar surface area (TPSA) is 38.9 Å². The van der Waals surface area contributed by atoms with Crippen molar-refractivity contribution in [2.75, 3.05) is 5.73 Å². The lowest BCUT2D eigenvalue weighted by molar-refractivity contribution is 0.638. The van der Waals surface area contributed by atoms with Gasteiger partial charge in [-0.15, -0.1) is 0 Å². The van der Waals surface area contributed by atoms with Gasteiger partial charge in [-0.1, -0.05) is 13.8 Å². The maximum Gasteiger partial charge on any atom is 0.121 e. The summed E-state index contributed by atoms with van der Waals surface area (Å²) in [6, 6.07) is 0. The first kappa shape index (κ1) is 9.00. The summed E-state index contributed by atoms with van der Waals surface area (Å²) in [6.07, 6.45) is 0.994. The van der Waals surface area contributed by atoms with Crippen LogP contribution >= 0.6 is 27.5 Å². The van der Waals surface area contributed by atoms with Crippen LogP contribution in [0.1, 0.15) is 19.5 Å². The minimum atomic E-state index is 0.632. The molecule has 0 amide bonds. The second kappa shape index (κ2) is 3.54. The van der Waals surface area contributed by atoms with Crippen LogP contribution in [0.2, 0.25) is 0 Å². The first-order valence-electron chi connectivity index (χ1n) is 3.50. The van der Waals surface area contributed by atoms with Crippen LogP contribution in [0.4, 0.5) is 5.00 Å². The molecule has 0 aromatic carbocycles. The molecule has 0 fully saturated rings. The molecule has 0 bridgehead atoms. The minimum Gasteiger partial charge on any atom is -0.388 e. The van der Waals surface area contributed by atoms with Crippen molar-refractivity contribution in [2.24, 2.45) is 5.92 Å². The normalized spacial score (nSPS) is 10.9. The predicted molar refractivity (Wildman–Crippen MR) is 52.8 cm³/mol. The summed E-state index contributed by atoms with van der Waals surface area (Å²) in [6.45, 7) is 4.34. The summed E-state index contributed by atoms with van der Waals surface area (Å²) < 4.78 is 5.21. The number of nitrogens with zero attached hydrogens (tertiary/aromatic N) is 1. The summed E-state index contributed by atoms with van der Waals surface area (Å²) in [5.41, 5.74) is 6.71. The molecule has 4 heteroatoms. The maximum absolute atomic E-state index is 5.63. The van der Waals surface area contributed by atoms with Crippen molar-refractivity contribution in [3.05, 3.63) is 10.2 Å². The fraction of sp³-hybridized carbons (Fsp3) is 0.571. The summed E-state index contributed by atoms with van der Waals surface area (Å²) in [5, 5.41) is 0.778. The number of anilines is 1. The third-order valence-corrected chi connectivity index (χ3v) is 3.19. The molecular formula is C7H11BrN2S. The number of halogens is 1. The van der Waals surface area contributed by atoms with Crippen LogP contribution in [0.15, 0.2) is 4.47 Å². The van der Waals surface area contributed by atoms with Crippen molar-refractivity contribution >= 4 is 32.5 Å². The van der Waals surface area contributed by atoms with Crippen molar-refractivity contribution in [3.63, 3.8) is 0 Å². The van der Waals surface area contributed by atoms with Crippen molar-refractivity contribution < 1.29 is 0 Å². The fourth-order valence-corrected chi connectivity index (χ4v) is 2.00. The highest BCUT2D eigenvalue weighted by molar-refractivity contribution is 9.10. The average molecular weight is 235 g/mol. The SMILES string of the molecule is CC(C)Cc1nsc(N)c1Br. The van der Waals surface area contributed by atoms with Gasteiger partial charge in [0.15, 0.2) is 0 Å². The van der Waals surface area contributed by atoms with Gasteiger partial charge in [-0.3, -0.25) is 0 Å². The van der Waals surface area contributed by atoms with Gasteiger partial charge >= 0.3 is 0 Å². The van der Waals surface area contributed by atoms with E-state index in [-0.39, 0.29) is 0 Å². The zero-order valence-corrected chi connectivity index (χ0v) is 9.00. The molecule has 0 saturated carbocycles. The number of nitrogen functional groups attached to an aromatic ring is 1. The van der Waals surface area contributed by atoms with Crippen molar-refractivity contribution in [1.82, 2.24) is 4.37 Å². The number of rotatable bonds is 2. The summed E-state index contributed by atoms with van der Waals surface area (Å²) >= 11 is 4.76. The molecule has 0 unspecified atom stereocenters. The van der Waals surface area contributed by atoms with Gasteiger partial charge in [-0.2, -0.15) is 4.37 Å². The quantitative estimate of drug-likeness (QED) is 0.855. The Balaban J connectivity index is 2.79. The van der Waals surface area contributed by atoms with Crippen LogP contribution in [0.3, 0.4) is 0 Å². The van der Waals surface area contributed by atoms with E-state index in [0.29, 0.717) is 5.92 Å². The molecule has 0 aliphatic carbocycles. The van der Waals surface area contributed by atoms with Crippen LogP contribution in [-0.4, -0.2) is 4.37 Å². The second-order valence-electron chi connectivity index (χ2n) is 2.91. The molecule has 1 aromatic rings. The van der Waals surface area contributed by atoms with Crippen LogP contribution < -0.4 is 5.73 Å². The molecule has 11 heavy (non-hydrogen) atoms. The monoisotopic (exact) mass is 234 g/mol. The van der Waals surface area contributed by atoms with Gasteiger partial charge in [0.2, 0.25) is 0 Å². The Morgan fingerprint density at radius 1 is 1.64 bits per heavy atom. The molecular weight excluding hydrogens is 224 g/mol. The lowest BCUT2D eigenvalue weighted by atomic mass is 10.1. The highest BCUT2D eigenvalue weighted by Crippen LogP contribution is 2.28. The van der Waals surface area contributed by atoms with Crippen LogP contribution in [0.25, 0.3) is 0 Å². The highest BCUT2D eigenvalue weighted by atomic mass is 79.9. The predicted octanol–water partition coefficient (Wildman–Crippen LogP) is 2.69. The first-order chi connectivity index (χ1) is 5.11. The number of aromatic nitrogens is 1. The van der Waals surface area contributed by atoms with E-state index in [9.17, 15) is 0 Å². The minimum absolute atomic E-state index is 0.632. The first-order valence-corrected chi connectivity index (χ1v) is 5.07. The highest BCUT2D eigenvalue weighted by Gasteiger charge is 2.09. The molecule has 0 aliphatic heterocycles. The third-order valence-electron chi connectivity index (χ3n) is 1.33. The van der Waals surface area contributed by atoms with E-state index in [1.807, 2.05) is 0 Å². The van der Waals surface area contributed by atoms with E-state index >= 15 is 0 Å². The molecule has 2 N–H and O–H groups in total. The number of hydrogen-bond acceptors (Lipinski definition) is 3. The third kappa shape index (κ3) is 2.17. The molecule has 2 nitrogen and oxygen atoms in total. The lowest BCUT2D eigenvalue weighted by Gasteiger charge is -2.00. The summed E-state index contributed by atoms with van der Waals surface area (Å²) in [5.74, 6) is 0.632. The smallest absolute Gasteiger partial charge is 0.121 e. The Kier molecular flexibility index (Phi) is 2.90. The summed E-state index contributed by atoms with van der Waals surface area (Å²) in [7, 11) is 0. The molecule has 1 heterocycles. The van der Waals surface area contributed by atoms with Crippen molar-refractivity contribution in [3.8, 4) is 0 Å². The maximum atomic E-state index is 5.63. The zero-order chi connectivity index (χ0) is 8.43. The lowest BCUT2D eigenvalue weighted by Crippen LogP contribution is -1.94. The van der Waals surface area contributed by atoms with Crippen molar-refractivity contribution in [1.29, 1.82) is 0 Å². The van der Waals surface area contributed by atoms with Crippen LogP contribution in [0, 0.1) is 5.92 Å². The average Bonchev–Trinajstić information content (AvgIpc) is 2.18. The van der Waals surface area contributed by atoms with E-state index in [2.05, 4.69) is 34.2 Å². The Bertz CT molecular complexity index is 245. The Morgan fingerprint density at radius 3 is 2.64 bits per heavy atom. The summed E-state index contributed by atoms with van der Waals surface area (Å²) in [4.78, 5) is 0. The van der Waals surface area contributed by atoms with E-state index in [1.54, 1.807) is 0 Å². The fourth-order valence-electron chi connectivity index (χ4n) is 0.840. The van der Waals surface area contributed by atoms with E-state index in [4.69, 9.17) is 5.73 Å². The van der Waals surface area contributed by atoms with E-state index in [0.717, 1.165) is 21.6 Å². The molecule has 0 aliphatic rings. The van der Waals surface area contributed by atoms with Gasteiger partial charge in [0.1, 0.15) is 5.00 Å². The van der Waals surface area contributed by atoms with Gasteiger partial charge in [0.05, 0.1) is 10.2 Å². The number of nitrogens with two attached hydrogens (primary N) is 1. The molecule has 1 rings (SSSR count). The van der Waals surface area contributed by atoms with Crippen LogP contribution in [-0.2, 0) is 6.42 Å².